The number of rotatable bonds is 3. The monoisotopic (exact) mass is 301 g/mol. The SMILES string of the molecule is BrC(Cc1ccccn1)c1cc2ccccc2o1. The van der Waals surface area contributed by atoms with Crippen LogP contribution in [-0.4, -0.2) is 4.98 Å². The highest BCUT2D eigenvalue weighted by atomic mass is 79.9. The third-order valence-electron chi connectivity index (χ3n) is 2.87. The molecule has 0 radical (unpaired) electrons. The van der Waals surface area contributed by atoms with Crippen LogP contribution in [0.3, 0.4) is 0 Å². The molecule has 0 N–H and O–H groups in total. The molecule has 0 spiro atoms. The highest BCUT2D eigenvalue weighted by Crippen LogP contribution is 2.31. The molecule has 0 amide bonds. The second-order valence-corrected chi connectivity index (χ2v) is 5.28. The molecule has 1 unspecified atom stereocenters. The lowest BCUT2D eigenvalue weighted by atomic mass is 10.2. The van der Waals surface area contributed by atoms with Gasteiger partial charge < -0.3 is 4.42 Å². The molecule has 3 heteroatoms. The predicted octanol–water partition coefficient (Wildman–Crippen LogP) is 4.51. The van der Waals surface area contributed by atoms with E-state index in [0.29, 0.717) is 0 Å². The largest absolute Gasteiger partial charge is 0.460 e. The zero-order chi connectivity index (χ0) is 12.4. The fourth-order valence-corrected chi connectivity index (χ4v) is 2.52. The van der Waals surface area contributed by atoms with Crippen molar-refractivity contribution in [3.8, 4) is 0 Å². The fraction of sp³-hybridized carbons (Fsp3) is 0.133. The van der Waals surface area contributed by atoms with Crippen molar-refractivity contribution >= 4 is 26.9 Å². The van der Waals surface area contributed by atoms with E-state index >= 15 is 0 Å². The fourth-order valence-electron chi connectivity index (χ4n) is 1.96. The number of aromatic nitrogens is 1. The number of halogens is 1. The summed E-state index contributed by atoms with van der Waals surface area (Å²) in [5.41, 5.74) is 1.98. The Balaban J connectivity index is 1.86. The molecule has 2 heterocycles. The molecule has 0 fully saturated rings. The summed E-state index contributed by atoms with van der Waals surface area (Å²) in [4.78, 5) is 4.48. The van der Waals surface area contributed by atoms with Gasteiger partial charge in [-0.05, 0) is 24.3 Å². The topological polar surface area (TPSA) is 26.0 Å². The first-order chi connectivity index (χ1) is 8.83. The minimum atomic E-state index is 0.153. The number of alkyl halides is 1. The highest BCUT2D eigenvalue weighted by Gasteiger charge is 2.14. The standard InChI is InChI=1S/C15H12BrNO/c16-13(10-12-6-3-4-8-17-12)15-9-11-5-1-2-7-14(11)18-15/h1-9,13H,10H2. The third-order valence-corrected chi connectivity index (χ3v) is 3.64. The van der Waals surface area contributed by atoms with Crippen molar-refractivity contribution in [1.82, 2.24) is 4.98 Å². The molecule has 0 bridgehead atoms. The maximum atomic E-state index is 5.83. The number of furan rings is 1. The lowest BCUT2D eigenvalue weighted by Gasteiger charge is -2.05. The smallest absolute Gasteiger partial charge is 0.134 e. The molecule has 18 heavy (non-hydrogen) atoms. The number of pyridine rings is 1. The van der Waals surface area contributed by atoms with Crippen LogP contribution in [0.25, 0.3) is 11.0 Å². The Bertz CT molecular complexity index is 615. The molecular formula is C15H12BrNO. The van der Waals surface area contributed by atoms with E-state index in [2.05, 4.69) is 33.0 Å². The van der Waals surface area contributed by atoms with Crippen molar-refractivity contribution in [3.05, 3.63) is 66.2 Å². The molecular weight excluding hydrogens is 290 g/mol. The van der Waals surface area contributed by atoms with Crippen LogP contribution in [0.15, 0.2) is 59.1 Å². The number of hydrogen-bond donors (Lipinski definition) is 0. The van der Waals surface area contributed by atoms with E-state index in [1.165, 1.54) is 0 Å². The van der Waals surface area contributed by atoms with Crippen molar-refractivity contribution in [3.63, 3.8) is 0 Å². The second kappa shape index (κ2) is 4.94. The van der Waals surface area contributed by atoms with Crippen LogP contribution in [0.1, 0.15) is 16.3 Å². The minimum Gasteiger partial charge on any atom is -0.460 e. The minimum absolute atomic E-state index is 0.153. The van der Waals surface area contributed by atoms with Gasteiger partial charge in [0.15, 0.2) is 0 Å². The molecule has 3 rings (SSSR count). The third kappa shape index (κ3) is 2.31. The lowest BCUT2D eigenvalue weighted by Crippen LogP contribution is -1.95. The van der Waals surface area contributed by atoms with Crippen molar-refractivity contribution in [2.45, 2.75) is 11.2 Å². The number of hydrogen-bond acceptors (Lipinski definition) is 2. The van der Waals surface area contributed by atoms with Crippen LogP contribution in [0, 0.1) is 0 Å². The van der Waals surface area contributed by atoms with Gasteiger partial charge in [-0.25, -0.2) is 0 Å². The molecule has 0 aliphatic carbocycles. The van der Waals surface area contributed by atoms with Crippen LogP contribution < -0.4 is 0 Å². The van der Waals surface area contributed by atoms with E-state index < -0.39 is 0 Å². The summed E-state index contributed by atoms with van der Waals surface area (Å²) in [5.74, 6) is 0.946. The van der Waals surface area contributed by atoms with Crippen LogP contribution in [-0.2, 0) is 6.42 Å². The quantitative estimate of drug-likeness (QED) is 0.665. The summed E-state index contributed by atoms with van der Waals surface area (Å²) in [6.07, 6.45) is 2.63. The van der Waals surface area contributed by atoms with Gasteiger partial charge in [0.25, 0.3) is 0 Å². The van der Waals surface area contributed by atoms with Gasteiger partial charge >= 0.3 is 0 Å². The van der Waals surface area contributed by atoms with Gasteiger partial charge in [0.05, 0.1) is 4.83 Å². The first-order valence-corrected chi connectivity index (χ1v) is 6.77. The van der Waals surface area contributed by atoms with Crippen molar-refractivity contribution in [2.24, 2.45) is 0 Å². The summed E-state index contributed by atoms with van der Waals surface area (Å²) in [7, 11) is 0. The average molecular weight is 302 g/mol. The maximum Gasteiger partial charge on any atom is 0.134 e. The van der Waals surface area contributed by atoms with Gasteiger partial charge in [0, 0.05) is 23.7 Å². The Kier molecular flexibility index (Phi) is 3.15. The van der Waals surface area contributed by atoms with Gasteiger partial charge in [0.1, 0.15) is 11.3 Å². The Morgan fingerprint density at radius 2 is 1.94 bits per heavy atom. The van der Waals surface area contributed by atoms with E-state index in [-0.39, 0.29) is 4.83 Å². The Hall–Kier alpha value is -1.61. The summed E-state index contributed by atoms with van der Waals surface area (Å²) in [6, 6.07) is 16.1. The van der Waals surface area contributed by atoms with Crippen LogP contribution >= 0.6 is 15.9 Å². The Labute approximate surface area is 114 Å². The van der Waals surface area contributed by atoms with Crippen molar-refractivity contribution in [1.29, 1.82) is 0 Å². The number of nitrogens with zero attached hydrogens (tertiary/aromatic N) is 1. The van der Waals surface area contributed by atoms with Crippen molar-refractivity contribution < 1.29 is 4.42 Å². The van der Waals surface area contributed by atoms with E-state index in [1.54, 1.807) is 0 Å². The highest BCUT2D eigenvalue weighted by molar-refractivity contribution is 9.09. The first-order valence-electron chi connectivity index (χ1n) is 5.85. The number of para-hydroxylation sites is 1. The second-order valence-electron chi connectivity index (χ2n) is 4.18. The zero-order valence-electron chi connectivity index (χ0n) is 9.71. The molecule has 1 aromatic carbocycles. The molecule has 1 atom stereocenters. The molecule has 0 aliphatic rings. The summed E-state index contributed by atoms with van der Waals surface area (Å²) in [5, 5.41) is 1.14. The van der Waals surface area contributed by atoms with Gasteiger partial charge in [-0.15, -0.1) is 0 Å². The van der Waals surface area contributed by atoms with Gasteiger partial charge in [-0.2, -0.15) is 0 Å². The molecule has 0 aliphatic heterocycles. The van der Waals surface area contributed by atoms with Crippen LogP contribution in [0.5, 0.6) is 0 Å². The van der Waals surface area contributed by atoms with E-state index in [0.717, 1.165) is 28.8 Å². The van der Waals surface area contributed by atoms with E-state index in [4.69, 9.17) is 4.42 Å². The first kappa shape index (κ1) is 11.5. The summed E-state index contributed by atoms with van der Waals surface area (Å²) in [6.45, 7) is 0. The van der Waals surface area contributed by atoms with E-state index in [9.17, 15) is 0 Å². The Morgan fingerprint density at radius 1 is 1.11 bits per heavy atom. The van der Waals surface area contributed by atoms with Gasteiger partial charge in [-0.3, -0.25) is 4.98 Å². The summed E-state index contributed by atoms with van der Waals surface area (Å²) >= 11 is 3.67. The van der Waals surface area contributed by atoms with Gasteiger partial charge in [-0.1, -0.05) is 40.2 Å². The molecule has 0 saturated heterocycles. The summed E-state index contributed by atoms with van der Waals surface area (Å²) < 4.78 is 5.83. The average Bonchev–Trinajstić information content (AvgIpc) is 2.84. The van der Waals surface area contributed by atoms with Crippen molar-refractivity contribution in [2.75, 3.05) is 0 Å². The van der Waals surface area contributed by atoms with Crippen LogP contribution in [0.4, 0.5) is 0 Å². The molecule has 3 aromatic rings. The number of benzene rings is 1. The molecule has 0 saturated carbocycles. The number of fused-ring (bicyclic) bond motifs is 1. The Morgan fingerprint density at radius 3 is 2.72 bits per heavy atom. The van der Waals surface area contributed by atoms with Gasteiger partial charge in [0.2, 0.25) is 0 Å². The predicted molar refractivity (Wildman–Crippen MR) is 75.8 cm³/mol. The molecule has 2 aromatic heterocycles. The normalized spacial score (nSPS) is 12.7. The molecule has 90 valence electrons. The lowest BCUT2D eigenvalue weighted by molar-refractivity contribution is 0.544. The van der Waals surface area contributed by atoms with Crippen LogP contribution in [0.2, 0.25) is 0 Å². The maximum absolute atomic E-state index is 5.83. The van der Waals surface area contributed by atoms with E-state index in [1.807, 2.05) is 42.6 Å². The zero-order valence-corrected chi connectivity index (χ0v) is 11.3. The molecule has 2 nitrogen and oxygen atoms in total.